The molecule has 60 valence electrons. The molecule has 0 saturated carbocycles. The fraction of sp³-hybridized carbons (Fsp3) is 0.100. The van der Waals surface area contributed by atoms with E-state index in [1.807, 2.05) is 24.4 Å². The topological polar surface area (TPSA) is 12.9 Å². The van der Waals surface area contributed by atoms with Crippen molar-refractivity contribution in [2.45, 2.75) is 6.92 Å². The van der Waals surface area contributed by atoms with Gasteiger partial charge in [0.1, 0.15) is 0 Å². The number of rotatable bonds is 0. The van der Waals surface area contributed by atoms with Gasteiger partial charge in [0.2, 0.25) is 0 Å². The summed E-state index contributed by atoms with van der Waals surface area (Å²) in [4.78, 5) is 4.27. The van der Waals surface area contributed by atoms with Crippen LogP contribution in [0.15, 0.2) is 34.9 Å². The average molecular weight is 222 g/mol. The highest BCUT2D eigenvalue weighted by atomic mass is 79.9. The van der Waals surface area contributed by atoms with Crippen molar-refractivity contribution in [1.29, 1.82) is 0 Å². The Balaban J connectivity index is 2.96. The smallest absolute Gasteiger partial charge is 0.0715 e. The van der Waals surface area contributed by atoms with Gasteiger partial charge in [0.05, 0.1) is 5.52 Å². The van der Waals surface area contributed by atoms with E-state index >= 15 is 0 Å². The van der Waals surface area contributed by atoms with Gasteiger partial charge in [0.25, 0.3) is 0 Å². The third-order valence-electron chi connectivity index (χ3n) is 1.92. The number of pyridine rings is 1. The number of nitrogens with zero attached hydrogens (tertiary/aromatic N) is 1. The normalized spacial score (nSPS) is 10.5. The van der Waals surface area contributed by atoms with Crippen molar-refractivity contribution < 1.29 is 0 Å². The molecule has 0 aliphatic heterocycles. The number of aryl methyl sites for hydroxylation is 1. The van der Waals surface area contributed by atoms with E-state index in [0.717, 1.165) is 9.99 Å². The molecule has 2 heteroatoms. The minimum absolute atomic E-state index is 1.05. The van der Waals surface area contributed by atoms with Gasteiger partial charge in [-0.1, -0.05) is 28.1 Å². The number of halogens is 1. The fourth-order valence-corrected chi connectivity index (χ4v) is 1.97. The van der Waals surface area contributed by atoms with Crippen molar-refractivity contribution >= 4 is 26.8 Å². The summed E-state index contributed by atoms with van der Waals surface area (Å²) in [7, 11) is 0. The van der Waals surface area contributed by atoms with Crippen LogP contribution in [0.4, 0.5) is 0 Å². The van der Waals surface area contributed by atoms with Crippen LogP contribution in [0.2, 0.25) is 0 Å². The predicted molar refractivity (Wildman–Crippen MR) is 54.2 cm³/mol. The van der Waals surface area contributed by atoms with Crippen LogP contribution < -0.4 is 0 Å². The molecular weight excluding hydrogens is 214 g/mol. The van der Waals surface area contributed by atoms with E-state index in [1.54, 1.807) is 0 Å². The van der Waals surface area contributed by atoms with Crippen molar-refractivity contribution in [3.63, 3.8) is 0 Å². The Morgan fingerprint density at radius 3 is 2.83 bits per heavy atom. The molecular formula is C10H8BrN. The van der Waals surface area contributed by atoms with Crippen LogP contribution in [0.25, 0.3) is 10.9 Å². The van der Waals surface area contributed by atoms with E-state index in [9.17, 15) is 0 Å². The maximum absolute atomic E-state index is 4.27. The summed E-state index contributed by atoms with van der Waals surface area (Å²) in [6.45, 7) is 2.09. The molecule has 1 aromatic heterocycles. The van der Waals surface area contributed by atoms with Crippen molar-refractivity contribution in [3.05, 3.63) is 40.5 Å². The van der Waals surface area contributed by atoms with Gasteiger partial charge in [0.15, 0.2) is 0 Å². The second-order valence-corrected chi connectivity index (χ2v) is 3.62. The van der Waals surface area contributed by atoms with Crippen LogP contribution in [0.5, 0.6) is 0 Å². The number of benzene rings is 1. The van der Waals surface area contributed by atoms with Gasteiger partial charge in [-0.25, -0.2) is 0 Å². The van der Waals surface area contributed by atoms with Crippen LogP contribution in [0, 0.1) is 6.92 Å². The van der Waals surface area contributed by atoms with Gasteiger partial charge in [0, 0.05) is 16.1 Å². The largest absolute Gasteiger partial charge is 0.256 e. The monoisotopic (exact) mass is 221 g/mol. The summed E-state index contributed by atoms with van der Waals surface area (Å²) < 4.78 is 1.12. The van der Waals surface area contributed by atoms with E-state index < -0.39 is 0 Å². The number of aromatic nitrogens is 1. The van der Waals surface area contributed by atoms with Crippen molar-refractivity contribution in [3.8, 4) is 0 Å². The van der Waals surface area contributed by atoms with Gasteiger partial charge >= 0.3 is 0 Å². The summed E-state index contributed by atoms with van der Waals surface area (Å²) in [6, 6.07) is 8.11. The average Bonchev–Trinajstić information content (AvgIpc) is 2.04. The van der Waals surface area contributed by atoms with Gasteiger partial charge in [-0.15, -0.1) is 0 Å². The van der Waals surface area contributed by atoms with E-state index in [-0.39, 0.29) is 0 Å². The molecule has 0 atom stereocenters. The highest BCUT2D eigenvalue weighted by molar-refractivity contribution is 9.10. The van der Waals surface area contributed by atoms with Crippen LogP contribution >= 0.6 is 15.9 Å². The number of hydrogen-bond donors (Lipinski definition) is 0. The molecule has 0 radical (unpaired) electrons. The first-order valence-corrected chi connectivity index (χ1v) is 4.58. The Bertz CT molecular complexity index is 386. The standard InChI is InChI=1S/C10H8BrN/c1-7-3-2-4-9-10(7)8(11)5-6-12-9/h2-6H,1H3. The molecule has 0 saturated heterocycles. The summed E-state index contributed by atoms with van der Waals surface area (Å²) in [5.74, 6) is 0. The first-order chi connectivity index (χ1) is 5.79. The lowest BCUT2D eigenvalue weighted by Gasteiger charge is -2.01. The second-order valence-electron chi connectivity index (χ2n) is 2.76. The van der Waals surface area contributed by atoms with Gasteiger partial charge in [-0.2, -0.15) is 0 Å². The Hall–Kier alpha value is -0.890. The molecule has 1 heterocycles. The lowest BCUT2D eigenvalue weighted by atomic mass is 10.1. The molecule has 2 aromatic rings. The first-order valence-electron chi connectivity index (χ1n) is 3.79. The van der Waals surface area contributed by atoms with E-state index in [0.29, 0.717) is 0 Å². The summed E-state index contributed by atoms with van der Waals surface area (Å²) >= 11 is 3.51. The van der Waals surface area contributed by atoms with Crippen LogP contribution in [-0.4, -0.2) is 4.98 Å². The molecule has 0 amide bonds. The van der Waals surface area contributed by atoms with E-state index in [2.05, 4.69) is 33.9 Å². The van der Waals surface area contributed by atoms with E-state index in [1.165, 1.54) is 10.9 Å². The zero-order chi connectivity index (χ0) is 8.55. The quantitative estimate of drug-likeness (QED) is 0.666. The molecule has 0 bridgehead atoms. The van der Waals surface area contributed by atoms with Crippen molar-refractivity contribution in [1.82, 2.24) is 4.98 Å². The lowest BCUT2D eigenvalue weighted by molar-refractivity contribution is 1.38. The van der Waals surface area contributed by atoms with Crippen LogP contribution in [0.3, 0.4) is 0 Å². The zero-order valence-electron chi connectivity index (χ0n) is 6.71. The van der Waals surface area contributed by atoms with Gasteiger partial charge in [-0.05, 0) is 24.6 Å². The maximum atomic E-state index is 4.27. The number of hydrogen-bond acceptors (Lipinski definition) is 1. The zero-order valence-corrected chi connectivity index (χ0v) is 8.30. The third kappa shape index (κ3) is 1.12. The summed E-state index contributed by atoms with van der Waals surface area (Å²) in [5.41, 5.74) is 2.30. The summed E-state index contributed by atoms with van der Waals surface area (Å²) in [6.07, 6.45) is 1.81. The summed E-state index contributed by atoms with van der Waals surface area (Å²) in [5, 5.41) is 1.21. The minimum Gasteiger partial charge on any atom is -0.256 e. The minimum atomic E-state index is 1.05. The molecule has 1 aromatic carbocycles. The molecule has 0 aliphatic rings. The fourth-order valence-electron chi connectivity index (χ4n) is 1.34. The molecule has 0 N–H and O–H groups in total. The first kappa shape index (κ1) is 7.74. The Morgan fingerprint density at radius 2 is 2.08 bits per heavy atom. The third-order valence-corrected chi connectivity index (χ3v) is 2.58. The maximum Gasteiger partial charge on any atom is 0.0715 e. The van der Waals surface area contributed by atoms with Gasteiger partial charge < -0.3 is 0 Å². The van der Waals surface area contributed by atoms with E-state index in [4.69, 9.17) is 0 Å². The highest BCUT2D eigenvalue weighted by Crippen LogP contribution is 2.24. The van der Waals surface area contributed by atoms with Gasteiger partial charge in [-0.3, -0.25) is 4.98 Å². The highest BCUT2D eigenvalue weighted by Gasteiger charge is 2.00. The lowest BCUT2D eigenvalue weighted by Crippen LogP contribution is -1.82. The number of fused-ring (bicyclic) bond motifs is 1. The molecule has 1 nitrogen and oxygen atoms in total. The van der Waals surface area contributed by atoms with Crippen molar-refractivity contribution in [2.75, 3.05) is 0 Å². The molecule has 0 unspecified atom stereocenters. The molecule has 0 fully saturated rings. The Morgan fingerprint density at radius 1 is 1.25 bits per heavy atom. The Labute approximate surface area is 79.6 Å². The van der Waals surface area contributed by atoms with Crippen LogP contribution in [0.1, 0.15) is 5.56 Å². The van der Waals surface area contributed by atoms with Crippen molar-refractivity contribution in [2.24, 2.45) is 0 Å². The van der Waals surface area contributed by atoms with Crippen LogP contribution in [-0.2, 0) is 0 Å². The molecule has 12 heavy (non-hydrogen) atoms. The Kier molecular flexibility index (Phi) is 1.85. The molecule has 2 rings (SSSR count). The second kappa shape index (κ2) is 2.87. The SMILES string of the molecule is Cc1cccc2nccc(Br)c12. The predicted octanol–water partition coefficient (Wildman–Crippen LogP) is 3.31. The molecule has 0 spiro atoms. The molecule has 0 aliphatic carbocycles.